The van der Waals surface area contributed by atoms with E-state index in [1.165, 1.54) is 103 Å². The Morgan fingerprint density at radius 2 is 0.784 bits per heavy atom. The molecule has 15 rings (SSSR count). The van der Waals surface area contributed by atoms with Gasteiger partial charge in [0.25, 0.3) is 0 Å². The van der Waals surface area contributed by atoms with Gasteiger partial charge in [0.1, 0.15) is 11.3 Å². The molecule has 1 heterocycles. The van der Waals surface area contributed by atoms with Crippen molar-refractivity contribution in [3.63, 3.8) is 0 Å². The van der Waals surface area contributed by atoms with E-state index in [2.05, 4.69) is 278 Å². The Kier molecular flexibility index (Phi) is 13.6. The number of aromatic hydroxyl groups is 1. The average molecular weight is 1150 g/mol. The van der Waals surface area contributed by atoms with Crippen molar-refractivity contribution in [1.29, 1.82) is 0 Å². The fraction of sp³-hybridized carbons (Fsp3) is 0.238. The van der Waals surface area contributed by atoms with Crippen molar-refractivity contribution in [2.75, 3.05) is 9.80 Å². The predicted octanol–water partition coefficient (Wildman–Crippen LogP) is 24.7. The maximum Gasteiger partial charge on any atom is 0.159 e. The zero-order valence-electron chi connectivity index (χ0n) is 52.3. The third-order valence-electron chi connectivity index (χ3n) is 20.0. The van der Waals surface area contributed by atoms with Crippen molar-refractivity contribution in [2.45, 2.75) is 129 Å². The second-order valence-corrected chi connectivity index (χ2v) is 27.6. The first-order valence-corrected chi connectivity index (χ1v) is 32.3. The van der Waals surface area contributed by atoms with Gasteiger partial charge in [-0.3, -0.25) is 0 Å². The fourth-order valence-corrected chi connectivity index (χ4v) is 15.3. The molecule has 2 fully saturated rings. The van der Waals surface area contributed by atoms with E-state index in [0.29, 0.717) is 11.8 Å². The normalized spacial score (nSPS) is 14.4. The topological polar surface area (TPSA) is 39.9 Å². The number of furan rings is 1. The lowest BCUT2D eigenvalue weighted by molar-refractivity contribution is 0.478. The summed E-state index contributed by atoms with van der Waals surface area (Å²) in [5, 5.41) is 23.1. The molecule has 2 aliphatic carbocycles. The Morgan fingerprint density at radius 3 is 1.32 bits per heavy atom. The number of benzene rings is 12. The van der Waals surface area contributed by atoms with Gasteiger partial charge in [0.15, 0.2) is 5.58 Å². The maximum absolute atomic E-state index is 13.2. The fourth-order valence-electron chi connectivity index (χ4n) is 15.3. The molecule has 0 aliphatic heterocycles. The SMILES string of the molecule is Cc1ccccc1-c1cccc(-c2cccc(N(c3ccc(C(C)(C)C)cc3)c3cc(C4CCCC4)c4ccc5c(N(c6ccc(C(C)(C)C)cc6)c6cccc7c6oc6c(-c8ccccc8C)cccc67)cc(C6CCCC6)c6ccc3c4c65)c2O)c1. The summed E-state index contributed by atoms with van der Waals surface area (Å²) in [6, 6.07) is 79.0. The maximum atomic E-state index is 13.2. The summed E-state index contributed by atoms with van der Waals surface area (Å²) in [6.45, 7) is 18.1. The Hall–Kier alpha value is -9.12. The highest BCUT2D eigenvalue weighted by Gasteiger charge is 2.32. The lowest BCUT2D eigenvalue weighted by Gasteiger charge is -2.32. The molecule has 0 radical (unpaired) electrons. The van der Waals surface area contributed by atoms with Crippen LogP contribution < -0.4 is 9.80 Å². The Morgan fingerprint density at radius 1 is 0.364 bits per heavy atom. The van der Waals surface area contributed by atoms with Crippen LogP contribution in [-0.4, -0.2) is 5.11 Å². The molecule has 4 nitrogen and oxygen atoms in total. The molecule has 1 aromatic heterocycles. The molecular formula is C84H78N2O2. The van der Waals surface area contributed by atoms with Crippen LogP contribution in [0.3, 0.4) is 0 Å². The van der Waals surface area contributed by atoms with Crippen molar-refractivity contribution in [3.8, 4) is 39.1 Å². The Bertz CT molecular complexity index is 4810. The summed E-state index contributed by atoms with van der Waals surface area (Å²) in [6.07, 6.45) is 9.47. The minimum absolute atomic E-state index is 0.0290. The molecule has 0 amide bonds. The monoisotopic (exact) mass is 1150 g/mol. The average Bonchev–Trinajstić information content (AvgIpc) is 1.13. The van der Waals surface area contributed by atoms with Gasteiger partial charge in [0, 0.05) is 44.0 Å². The molecule has 0 unspecified atom stereocenters. The number of nitrogens with zero attached hydrogens (tertiary/aromatic N) is 2. The molecule has 13 aromatic rings. The quantitative estimate of drug-likeness (QED) is 0.131. The van der Waals surface area contributed by atoms with Gasteiger partial charge in [-0.2, -0.15) is 0 Å². The van der Waals surface area contributed by atoms with Crippen molar-refractivity contribution in [3.05, 3.63) is 246 Å². The van der Waals surface area contributed by atoms with E-state index in [4.69, 9.17) is 4.42 Å². The van der Waals surface area contributed by atoms with E-state index in [9.17, 15) is 5.11 Å². The van der Waals surface area contributed by atoms with Crippen LogP contribution in [0.25, 0.3) is 87.6 Å². The lowest BCUT2D eigenvalue weighted by atomic mass is 9.82. The number of hydrogen-bond acceptors (Lipinski definition) is 4. The number of fused-ring (bicyclic) bond motifs is 3. The van der Waals surface area contributed by atoms with E-state index >= 15 is 0 Å². The van der Waals surface area contributed by atoms with E-state index in [-0.39, 0.29) is 16.6 Å². The van der Waals surface area contributed by atoms with Gasteiger partial charge in [-0.1, -0.05) is 225 Å². The summed E-state index contributed by atoms with van der Waals surface area (Å²) >= 11 is 0. The van der Waals surface area contributed by atoms with Crippen LogP contribution in [0.4, 0.5) is 34.1 Å². The van der Waals surface area contributed by atoms with Gasteiger partial charge >= 0.3 is 0 Å². The zero-order valence-corrected chi connectivity index (χ0v) is 52.3. The Labute approximate surface area is 519 Å². The minimum atomic E-state index is -0.0480. The molecule has 2 saturated carbocycles. The number of anilines is 6. The first-order valence-electron chi connectivity index (χ1n) is 32.3. The summed E-state index contributed by atoms with van der Waals surface area (Å²) in [5.74, 6) is 1.05. The van der Waals surface area contributed by atoms with Crippen LogP contribution in [0.5, 0.6) is 5.75 Å². The molecule has 436 valence electrons. The van der Waals surface area contributed by atoms with Crippen LogP contribution >= 0.6 is 0 Å². The van der Waals surface area contributed by atoms with Crippen molar-refractivity contribution < 1.29 is 9.52 Å². The summed E-state index contributed by atoms with van der Waals surface area (Å²) in [7, 11) is 0. The van der Waals surface area contributed by atoms with Crippen molar-refractivity contribution >= 4 is 88.4 Å². The molecule has 0 saturated heterocycles. The molecule has 4 heteroatoms. The van der Waals surface area contributed by atoms with Crippen molar-refractivity contribution in [2.24, 2.45) is 0 Å². The highest BCUT2D eigenvalue weighted by Crippen LogP contribution is 2.56. The van der Waals surface area contributed by atoms with Crippen LogP contribution in [0, 0.1) is 13.8 Å². The molecule has 0 atom stereocenters. The van der Waals surface area contributed by atoms with Gasteiger partial charge in [-0.15, -0.1) is 0 Å². The zero-order chi connectivity index (χ0) is 60.2. The summed E-state index contributed by atoms with van der Waals surface area (Å²) in [5.41, 5.74) is 21.9. The van der Waals surface area contributed by atoms with Crippen LogP contribution in [0.2, 0.25) is 0 Å². The van der Waals surface area contributed by atoms with E-state index in [0.717, 1.165) is 104 Å². The molecule has 2 aliphatic rings. The standard InChI is InChI=1S/C84H78N2O2/c1-52-21-9-15-29-62(52)56-27-17-28-57(49-56)64-31-19-35-74(80(64)87)85(60-41-37-58(38-42-60)83(3,4)5)76-50-72(54-23-11-12-24-54)65-46-48-71-77(51-73(55-25-13-14-26-55)66-45-47-70(76)78(65)79(66)71)86(61-43-39-59(40-44-61)84(6,7)8)75-36-20-34-69-68-33-18-32-67(81(68)88-82(69)75)63-30-16-10-22-53(63)2/h9-10,15-22,27-51,54-55,87H,11-14,23-26H2,1-8H3. The largest absolute Gasteiger partial charge is 0.505 e. The third-order valence-corrected chi connectivity index (χ3v) is 20.0. The van der Waals surface area contributed by atoms with Crippen LogP contribution in [-0.2, 0) is 10.8 Å². The Balaban J connectivity index is 1.02. The molecule has 0 bridgehead atoms. The van der Waals surface area contributed by atoms with Gasteiger partial charge in [0.2, 0.25) is 0 Å². The minimum Gasteiger partial charge on any atom is -0.505 e. The van der Waals surface area contributed by atoms with Crippen molar-refractivity contribution in [1.82, 2.24) is 0 Å². The predicted molar refractivity (Wildman–Crippen MR) is 374 cm³/mol. The summed E-state index contributed by atoms with van der Waals surface area (Å²) < 4.78 is 7.42. The van der Waals surface area contributed by atoms with E-state index in [1.54, 1.807) is 0 Å². The first kappa shape index (κ1) is 55.5. The van der Waals surface area contributed by atoms with Gasteiger partial charge in [0.05, 0.1) is 22.7 Å². The van der Waals surface area contributed by atoms with Gasteiger partial charge in [-0.05, 0) is 194 Å². The smallest absolute Gasteiger partial charge is 0.159 e. The lowest BCUT2D eigenvalue weighted by Crippen LogP contribution is -2.15. The molecule has 12 aromatic carbocycles. The number of phenolic OH excluding ortho intramolecular Hbond substituents is 1. The third kappa shape index (κ3) is 9.41. The van der Waals surface area contributed by atoms with Crippen LogP contribution in [0.15, 0.2) is 217 Å². The number of hydrogen-bond donors (Lipinski definition) is 1. The number of aryl methyl sites for hydroxylation is 2. The van der Waals surface area contributed by atoms with E-state index < -0.39 is 0 Å². The number of rotatable bonds is 11. The molecule has 88 heavy (non-hydrogen) atoms. The first-order chi connectivity index (χ1) is 42.7. The molecule has 0 spiro atoms. The van der Waals surface area contributed by atoms with E-state index in [1.807, 2.05) is 0 Å². The highest BCUT2D eigenvalue weighted by atomic mass is 16.3. The van der Waals surface area contributed by atoms with Crippen LogP contribution in [0.1, 0.15) is 138 Å². The second kappa shape index (κ2) is 21.6. The van der Waals surface area contributed by atoms with Gasteiger partial charge in [-0.25, -0.2) is 0 Å². The van der Waals surface area contributed by atoms with Gasteiger partial charge < -0.3 is 19.3 Å². The number of phenols is 1. The highest BCUT2D eigenvalue weighted by molar-refractivity contribution is 6.30. The number of para-hydroxylation sites is 3. The second-order valence-electron chi connectivity index (χ2n) is 27.6. The summed E-state index contributed by atoms with van der Waals surface area (Å²) in [4.78, 5) is 4.92. The molecule has 1 N–H and O–H groups in total. The molecular weight excluding hydrogens is 1070 g/mol.